The van der Waals surface area contributed by atoms with Crippen LogP contribution in [-0.2, 0) is 4.74 Å². The van der Waals surface area contributed by atoms with Crippen LogP contribution < -0.4 is 5.32 Å². The molecular weight excluding hydrogens is 332 g/mol. The van der Waals surface area contributed by atoms with E-state index in [1.54, 1.807) is 0 Å². The third-order valence-electron chi connectivity index (χ3n) is 5.00. The molecule has 1 N–H and O–H groups in total. The summed E-state index contributed by atoms with van der Waals surface area (Å²) in [6, 6.07) is 0. The first kappa shape index (κ1) is 20.8. The van der Waals surface area contributed by atoms with Crippen LogP contribution in [0.15, 0.2) is 4.99 Å². The molecule has 6 heteroatoms. The molecule has 0 aromatic rings. The van der Waals surface area contributed by atoms with Gasteiger partial charge in [-0.05, 0) is 31.4 Å². The number of guanidine groups is 1. The number of thioether (sulfide) groups is 1. The molecule has 25 heavy (non-hydrogen) atoms. The molecule has 5 nitrogen and oxygen atoms in total. The van der Waals surface area contributed by atoms with Gasteiger partial charge < -0.3 is 15.0 Å². The molecule has 0 aromatic heterocycles. The van der Waals surface area contributed by atoms with Crippen LogP contribution >= 0.6 is 11.8 Å². The Morgan fingerprint density at radius 1 is 1.16 bits per heavy atom. The maximum Gasteiger partial charge on any atom is 0.194 e. The van der Waals surface area contributed by atoms with E-state index < -0.39 is 0 Å². The number of nitrogens with one attached hydrogen (secondary N) is 1. The molecule has 0 aromatic carbocycles. The zero-order valence-corrected chi connectivity index (χ0v) is 17.5. The fourth-order valence-corrected chi connectivity index (χ4v) is 4.92. The van der Waals surface area contributed by atoms with E-state index in [4.69, 9.17) is 9.73 Å². The molecule has 146 valence electrons. The number of hydrogen-bond acceptors (Lipinski definition) is 4. The molecule has 0 radical (unpaired) electrons. The van der Waals surface area contributed by atoms with E-state index >= 15 is 0 Å². The normalized spacial score (nSPS) is 22.4. The van der Waals surface area contributed by atoms with Crippen LogP contribution in [0.5, 0.6) is 0 Å². The van der Waals surface area contributed by atoms with Gasteiger partial charge in [-0.3, -0.25) is 9.89 Å². The van der Waals surface area contributed by atoms with Crippen LogP contribution in [0, 0.1) is 5.92 Å². The van der Waals surface area contributed by atoms with E-state index in [1.807, 2.05) is 0 Å². The average Bonchev–Trinajstić information content (AvgIpc) is 2.60. The zero-order valence-electron chi connectivity index (χ0n) is 16.7. The third kappa shape index (κ3) is 6.65. The molecule has 0 amide bonds. The van der Waals surface area contributed by atoms with Crippen molar-refractivity contribution < 1.29 is 4.74 Å². The lowest BCUT2D eigenvalue weighted by Gasteiger charge is -2.38. The van der Waals surface area contributed by atoms with Crippen molar-refractivity contribution in [2.45, 2.75) is 45.3 Å². The predicted molar refractivity (Wildman–Crippen MR) is 110 cm³/mol. The minimum atomic E-state index is 0.271. The van der Waals surface area contributed by atoms with Crippen molar-refractivity contribution in [3.05, 3.63) is 0 Å². The van der Waals surface area contributed by atoms with Crippen molar-refractivity contribution in [2.75, 3.05) is 64.8 Å². The highest BCUT2D eigenvalue weighted by molar-refractivity contribution is 8.00. The van der Waals surface area contributed by atoms with Gasteiger partial charge in [-0.15, -0.1) is 0 Å². The van der Waals surface area contributed by atoms with Gasteiger partial charge in [0.25, 0.3) is 0 Å². The molecule has 2 heterocycles. The second-order valence-electron chi connectivity index (χ2n) is 7.58. The Hall–Kier alpha value is -0.460. The lowest BCUT2D eigenvalue weighted by atomic mass is 9.99. The second kappa shape index (κ2) is 10.6. The van der Waals surface area contributed by atoms with E-state index in [0.717, 1.165) is 83.0 Å². The fourth-order valence-electron chi connectivity index (χ4n) is 3.70. The first-order valence-electron chi connectivity index (χ1n) is 10.1. The Bertz CT molecular complexity index is 397. The first-order chi connectivity index (χ1) is 12.1. The molecule has 0 bridgehead atoms. The van der Waals surface area contributed by atoms with Crippen LogP contribution in [0.2, 0.25) is 0 Å². The van der Waals surface area contributed by atoms with Crippen molar-refractivity contribution >= 4 is 17.7 Å². The van der Waals surface area contributed by atoms with Crippen LogP contribution in [0.4, 0.5) is 0 Å². The van der Waals surface area contributed by atoms with Crippen molar-refractivity contribution in [3.8, 4) is 0 Å². The van der Waals surface area contributed by atoms with E-state index in [1.165, 1.54) is 6.54 Å². The second-order valence-corrected chi connectivity index (χ2v) is 9.31. The smallest absolute Gasteiger partial charge is 0.194 e. The van der Waals surface area contributed by atoms with E-state index in [2.05, 4.69) is 54.6 Å². The van der Waals surface area contributed by atoms with Crippen LogP contribution in [0.25, 0.3) is 0 Å². The van der Waals surface area contributed by atoms with Crippen molar-refractivity contribution in [1.82, 2.24) is 15.1 Å². The molecule has 2 aliphatic rings. The number of ether oxygens (including phenoxy) is 1. The van der Waals surface area contributed by atoms with Gasteiger partial charge in [0.15, 0.2) is 5.96 Å². The molecule has 0 aliphatic carbocycles. The highest BCUT2D eigenvalue weighted by Gasteiger charge is 2.33. The Morgan fingerprint density at radius 3 is 2.40 bits per heavy atom. The molecule has 0 unspecified atom stereocenters. The number of nitrogens with zero attached hydrogens (tertiary/aromatic N) is 3. The van der Waals surface area contributed by atoms with E-state index in [9.17, 15) is 0 Å². The van der Waals surface area contributed by atoms with Gasteiger partial charge in [0, 0.05) is 57.2 Å². The molecule has 2 aliphatic heterocycles. The highest BCUT2D eigenvalue weighted by atomic mass is 32.2. The Morgan fingerprint density at radius 2 is 1.84 bits per heavy atom. The number of rotatable bonds is 7. The standard InChI is InChI=1S/C19H38N4OS/c1-5-20-18(23-11-9-22(10-12-23)15-17(3)4)21-16-19(25-6-2)7-13-24-14-8-19/h17H,5-16H2,1-4H3,(H,20,21). The van der Waals surface area contributed by atoms with Gasteiger partial charge in [0.05, 0.1) is 6.54 Å². The Balaban J connectivity index is 1.95. The van der Waals surface area contributed by atoms with Crippen molar-refractivity contribution in [3.63, 3.8) is 0 Å². The highest BCUT2D eigenvalue weighted by Crippen LogP contribution is 2.35. The zero-order chi connectivity index (χ0) is 18.1. The topological polar surface area (TPSA) is 40.1 Å². The minimum absolute atomic E-state index is 0.271. The Labute approximate surface area is 158 Å². The van der Waals surface area contributed by atoms with Gasteiger partial charge in [0.2, 0.25) is 0 Å². The molecular formula is C19H38N4OS. The van der Waals surface area contributed by atoms with Gasteiger partial charge in [-0.1, -0.05) is 20.8 Å². The summed E-state index contributed by atoms with van der Waals surface area (Å²) in [6.45, 7) is 18.3. The van der Waals surface area contributed by atoms with Gasteiger partial charge >= 0.3 is 0 Å². The number of hydrogen-bond donors (Lipinski definition) is 1. The molecule has 0 atom stereocenters. The van der Waals surface area contributed by atoms with Crippen molar-refractivity contribution in [2.24, 2.45) is 10.9 Å². The molecule has 2 saturated heterocycles. The summed E-state index contributed by atoms with van der Waals surface area (Å²) in [7, 11) is 0. The van der Waals surface area contributed by atoms with Crippen molar-refractivity contribution in [1.29, 1.82) is 0 Å². The minimum Gasteiger partial charge on any atom is -0.381 e. The SMILES string of the molecule is CCNC(=NCC1(SCC)CCOCC1)N1CCN(CC(C)C)CC1. The first-order valence-corrected chi connectivity index (χ1v) is 11.0. The van der Waals surface area contributed by atoms with Crippen LogP contribution in [0.3, 0.4) is 0 Å². The van der Waals surface area contributed by atoms with Gasteiger partial charge in [-0.25, -0.2) is 0 Å². The van der Waals surface area contributed by atoms with Gasteiger partial charge in [-0.2, -0.15) is 11.8 Å². The predicted octanol–water partition coefficient (Wildman–Crippen LogP) is 2.53. The summed E-state index contributed by atoms with van der Waals surface area (Å²) in [5.74, 6) is 3.00. The monoisotopic (exact) mass is 370 g/mol. The van der Waals surface area contributed by atoms with E-state index in [0.29, 0.717) is 0 Å². The van der Waals surface area contributed by atoms with Gasteiger partial charge in [0.1, 0.15) is 0 Å². The molecule has 0 saturated carbocycles. The average molecular weight is 371 g/mol. The summed E-state index contributed by atoms with van der Waals surface area (Å²) in [5, 5.41) is 3.52. The quantitative estimate of drug-likeness (QED) is 0.551. The van der Waals surface area contributed by atoms with Crippen LogP contribution in [-0.4, -0.2) is 85.3 Å². The molecule has 2 fully saturated rings. The lowest BCUT2D eigenvalue weighted by Crippen LogP contribution is -2.53. The number of piperazine rings is 1. The van der Waals surface area contributed by atoms with Crippen LogP contribution in [0.1, 0.15) is 40.5 Å². The largest absolute Gasteiger partial charge is 0.381 e. The summed E-state index contributed by atoms with van der Waals surface area (Å²) < 4.78 is 5.86. The fraction of sp³-hybridized carbons (Fsp3) is 0.947. The summed E-state index contributed by atoms with van der Waals surface area (Å²) in [6.07, 6.45) is 2.24. The third-order valence-corrected chi connectivity index (χ3v) is 6.44. The maximum atomic E-state index is 5.59. The molecule has 2 rings (SSSR count). The molecule has 0 spiro atoms. The number of aliphatic imine (C=N–C) groups is 1. The summed E-state index contributed by atoms with van der Waals surface area (Å²) in [4.78, 5) is 10.1. The van der Waals surface area contributed by atoms with E-state index in [-0.39, 0.29) is 4.75 Å². The summed E-state index contributed by atoms with van der Waals surface area (Å²) >= 11 is 2.07. The maximum absolute atomic E-state index is 5.59. The summed E-state index contributed by atoms with van der Waals surface area (Å²) in [5.41, 5.74) is 0. The Kier molecular flexibility index (Phi) is 8.87. The lowest BCUT2D eigenvalue weighted by molar-refractivity contribution is 0.0792.